The number of amides is 1. The van der Waals surface area contributed by atoms with Crippen molar-refractivity contribution in [1.29, 1.82) is 0 Å². The van der Waals surface area contributed by atoms with Crippen molar-refractivity contribution in [3.63, 3.8) is 0 Å². The molecule has 0 fully saturated rings. The quantitative estimate of drug-likeness (QED) is 0.610. The van der Waals surface area contributed by atoms with E-state index in [1.807, 2.05) is 30.3 Å². The average molecular weight is 388 g/mol. The van der Waals surface area contributed by atoms with Crippen LogP contribution in [0.25, 0.3) is 0 Å². The average Bonchev–Trinajstić information content (AvgIpc) is 3.18. The summed E-state index contributed by atoms with van der Waals surface area (Å²) in [5.74, 6) is -1.07. The van der Waals surface area contributed by atoms with E-state index in [0.717, 1.165) is 9.79 Å². The van der Waals surface area contributed by atoms with Gasteiger partial charge >= 0.3 is 5.97 Å². The molecule has 1 amide bonds. The number of halogens is 1. The van der Waals surface area contributed by atoms with Gasteiger partial charge in [0.15, 0.2) is 6.61 Å². The number of hydrogen-bond donors (Lipinski definition) is 1. The highest BCUT2D eigenvalue weighted by atomic mass is 35.5. The fourth-order valence-corrected chi connectivity index (χ4v) is 3.10. The number of esters is 1. The van der Waals surface area contributed by atoms with Crippen LogP contribution in [0.5, 0.6) is 0 Å². The number of furan rings is 1. The third-order valence-electron chi connectivity index (χ3n) is 3.26. The highest BCUT2D eigenvalue weighted by Gasteiger charge is 2.13. The van der Waals surface area contributed by atoms with Gasteiger partial charge in [-0.05, 0) is 48.5 Å². The molecule has 132 valence electrons. The van der Waals surface area contributed by atoms with Crippen molar-refractivity contribution in [2.24, 2.45) is 0 Å². The Morgan fingerprint density at radius 3 is 2.54 bits per heavy atom. The molecule has 3 aromatic rings. The Morgan fingerprint density at radius 1 is 1.04 bits per heavy atom. The van der Waals surface area contributed by atoms with Crippen molar-refractivity contribution in [1.82, 2.24) is 0 Å². The van der Waals surface area contributed by atoms with Crippen LogP contribution in [-0.4, -0.2) is 18.5 Å². The summed E-state index contributed by atoms with van der Waals surface area (Å²) in [5, 5.41) is 3.41. The molecule has 0 saturated heterocycles. The summed E-state index contributed by atoms with van der Waals surface area (Å²) < 4.78 is 9.85. The van der Waals surface area contributed by atoms with E-state index >= 15 is 0 Å². The predicted octanol–water partition coefficient (Wildman–Crippen LogP) is 4.88. The molecule has 0 aliphatic rings. The minimum atomic E-state index is -0.686. The Kier molecular flexibility index (Phi) is 5.99. The summed E-state index contributed by atoms with van der Waals surface area (Å²) in [7, 11) is 0. The van der Waals surface area contributed by atoms with E-state index in [-0.39, 0.29) is 5.76 Å². The molecule has 26 heavy (non-hydrogen) atoms. The van der Waals surface area contributed by atoms with E-state index < -0.39 is 18.5 Å². The van der Waals surface area contributed by atoms with Crippen LogP contribution >= 0.6 is 23.4 Å². The van der Waals surface area contributed by atoms with E-state index in [1.165, 1.54) is 24.1 Å². The second-order valence-corrected chi connectivity index (χ2v) is 6.71. The lowest BCUT2D eigenvalue weighted by Crippen LogP contribution is -2.21. The molecule has 7 heteroatoms. The lowest BCUT2D eigenvalue weighted by Gasteiger charge is -2.11. The number of nitrogens with one attached hydrogen (secondary N) is 1. The van der Waals surface area contributed by atoms with E-state index in [0.29, 0.717) is 10.7 Å². The summed E-state index contributed by atoms with van der Waals surface area (Å²) in [6, 6.07) is 17.8. The smallest absolute Gasteiger partial charge is 0.374 e. The van der Waals surface area contributed by atoms with Gasteiger partial charge in [-0.15, -0.1) is 0 Å². The largest absolute Gasteiger partial charge is 0.457 e. The molecule has 0 spiro atoms. The summed E-state index contributed by atoms with van der Waals surface area (Å²) in [6.07, 6.45) is 1.36. The first-order valence-corrected chi connectivity index (χ1v) is 8.84. The van der Waals surface area contributed by atoms with Gasteiger partial charge in [-0.2, -0.15) is 0 Å². The minimum absolute atomic E-state index is 0.0523. The maximum absolute atomic E-state index is 12.1. The molecule has 0 unspecified atom stereocenters. The molecule has 0 bridgehead atoms. The van der Waals surface area contributed by atoms with Gasteiger partial charge in [-0.3, -0.25) is 4.79 Å². The van der Waals surface area contributed by atoms with Gasteiger partial charge in [0.2, 0.25) is 5.76 Å². The second kappa shape index (κ2) is 8.60. The number of rotatable bonds is 6. The van der Waals surface area contributed by atoms with Crippen LogP contribution in [0.4, 0.5) is 5.69 Å². The highest BCUT2D eigenvalue weighted by molar-refractivity contribution is 7.99. The number of para-hydroxylation sites is 1. The summed E-state index contributed by atoms with van der Waals surface area (Å²) in [4.78, 5) is 25.6. The minimum Gasteiger partial charge on any atom is -0.457 e. The van der Waals surface area contributed by atoms with Gasteiger partial charge in [0.1, 0.15) is 0 Å². The number of ether oxygens (including phenoxy) is 1. The number of benzene rings is 2. The molecule has 0 atom stereocenters. The summed E-state index contributed by atoms with van der Waals surface area (Å²) in [6.45, 7) is -0.403. The number of carbonyl (C=O) groups excluding carboxylic acids is 2. The molecule has 0 aliphatic carbocycles. The van der Waals surface area contributed by atoms with Crippen LogP contribution < -0.4 is 5.32 Å². The maximum Gasteiger partial charge on any atom is 0.374 e. The second-order valence-electron chi connectivity index (χ2n) is 5.15. The van der Waals surface area contributed by atoms with E-state index in [9.17, 15) is 9.59 Å². The molecule has 0 aliphatic heterocycles. The molecule has 1 N–H and O–H groups in total. The highest BCUT2D eigenvalue weighted by Crippen LogP contribution is 2.33. The van der Waals surface area contributed by atoms with Gasteiger partial charge in [-0.25, -0.2) is 4.79 Å². The fourth-order valence-electron chi connectivity index (χ4n) is 2.07. The van der Waals surface area contributed by atoms with Crippen LogP contribution in [0.1, 0.15) is 10.6 Å². The molecule has 0 radical (unpaired) electrons. The molecular weight excluding hydrogens is 374 g/mol. The summed E-state index contributed by atoms with van der Waals surface area (Å²) >= 11 is 7.39. The summed E-state index contributed by atoms with van der Waals surface area (Å²) in [5.41, 5.74) is 0.631. The monoisotopic (exact) mass is 387 g/mol. The van der Waals surface area contributed by atoms with Crippen molar-refractivity contribution in [2.45, 2.75) is 9.79 Å². The van der Waals surface area contributed by atoms with Crippen LogP contribution in [-0.2, 0) is 9.53 Å². The first kappa shape index (κ1) is 18.1. The van der Waals surface area contributed by atoms with Gasteiger partial charge in [-0.1, -0.05) is 35.5 Å². The molecule has 1 aromatic heterocycles. The Labute approximate surface area is 159 Å². The zero-order valence-electron chi connectivity index (χ0n) is 13.5. The zero-order valence-corrected chi connectivity index (χ0v) is 15.0. The Morgan fingerprint density at radius 2 is 1.81 bits per heavy atom. The third kappa shape index (κ3) is 4.91. The van der Waals surface area contributed by atoms with Crippen molar-refractivity contribution in [3.8, 4) is 0 Å². The number of anilines is 1. The van der Waals surface area contributed by atoms with Gasteiger partial charge < -0.3 is 14.5 Å². The zero-order chi connectivity index (χ0) is 18.4. The third-order valence-corrected chi connectivity index (χ3v) is 4.60. The Balaban J connectivity index is 1.61. The predicted molar refractivity (Wildman–Crippen MR) is 99.6 cm³/mol. The van der Waals surface area contributed by atoms with E-state index in [4.69, 9.17) is 20.8 Å². The number of hydrogen-bond acceptors (Lipinski definition) is 5. The SMILES string of the molecule is O=C(COC(=O)c1ccco1)Nc1ccccc1Sc1ccc(Cl)cc1. The Bertz CT molecular complexity index is 894. The van der Waals surface area contributed by atoms with Crippen molar-refractivity contribution >= 4 is 40.9 Å². The molecule has 5 nitrogen and oxygen atoms in total. The van der Waals surface area contributed by atoms with Crippen LogP contribution in [0.2, 0.25) is 5.02 Å². The first-order valence-electron chi connectivity index (χ1n) is 7.65. The topological polar surface area (TPSA) is 68.5 Å². The molecule has 0 saturated carbocycles. The van der Waals surface area contributed by atoms with Crippen molar-refractivity contribution < 1.29 is 18.7 Å². The Hall–Kier alpha value is -2.70. The maximum atomic E-state index is 12.1. The molecule has 2 aromatic carbocycles. The van der Waals surface area contributed by atoms with Crippen LogP contribution in [0.3, 0.4) is 0 Å². The van der Waals surface area contributed by atoms with Crippen LogP contribution in [0, 0.1) is 0 Å². The molecular formula is C19H14ClNO4S. The van der Waals surface area contributed by atoms with Gasteiger partial charge in [0, 0.05) is 14.8 Å². The van der Waals surface area contributed by atoms with E-state index in [1.54, 1.807) is 24.3 Å². The first-order chi connectivity index (χ1) is 12.6. The fraction of sp³-hybridized carbons (Fsp3) is 0.0526. The standard InChI is InChI=1S/C19H14ClNO4S/c20-13-7-9-14(10-8-13)26-17-6-2-1-4-15(17)21-18(22)12-25-19(23)16-5-3-11-24-16/h1-11H,12H2,(H,21,22). The normalized spacial score (nSPS) is 10.3. The van der Waals surface area contributed by atoms with Gasteiger partial charge in [0.05, 0.1) is 12.0 Å². The van der Waals surface area contributed by atoms with Gasteiger partial charge in [0.25, 0.3) is 5.91 Å². The van der Waals surface area contributed by atoms with Crippen molar-refractivity contribution in [2.75, 3.05) is 11.9 Å². The molecule has 3 rings (SSSR count). The van der Waals surface area contributed by atoms with E-state index in [2.05, 4.69) is 5.32 Å². The van der Waals surface area contributed by atoms with Crippen molar-refractivity contribution in [3.05, 3.63) is 77.7 Å². The van der Waals surface area contributed by atoms with Crippen LogP contribution in [0.15, 0.2) is 81.1 Å². The molecule has 1 heterocycles. The number of carbonyl (C=O) groups is 2. The lowest BCUT2D eigenvalue weighted by molar-refractivity contribution is -0.119. The lowest BCUT2D eigenvalue weighted by atomic mass is 10.3.